The van der Waals surface area contributed by atoms with Crippen LogP contribution in [0.25, 0.3) is 0 Å². The Labute approximate surface area is 113 Å². The first-order valence-corrected chi connectivity index (χ1v) is 7.12. The van der Waals surface area contributed by atoms with Crippen molar-refractivity contribution in [3.8, 4) is 0 Å². The molecule has 0 rings (SSSR count). The molecule has 0 aromatic rings. The fourth-order valence-electron chi connectivity index (χ4n) is 1.26. The molecule has 0 spiro atoms. The maximum Gasteiger partial charge on any atom is 0.0701 e. The highest BCUT2D eigenvalue weighted by molar-refractivity contribution is 4.55. The summed E-state index contributed by atoms with van der Waals surface area (Å²) in [5, 5.41) is 0. The zero-order chi connectivity index (χ0) is 13.6. The van der Waals surface area contributed by atoms with Gasteiger partial charge >= 0.3 is 0 Å². The number of ether oxygens (including phenoxy) is 3. The minimum atomic E-state index is 0.574. The highest BCUT2D eigenvalue weighted by atomic mass is 16.5. The Morgan fingerprint density at radius 1 is 0.833 bits per heavy atom. The average molecular weight is 261 g/mol. The first-order valence-electron chi connectivity index (χ1n) is 7.12. The van der Waals surface area contributed by atoms with E-state index >= 15 is 0 Å². The molecule has 18 heavy (non-hydrogen) atoms. The number of hydrogen-bond donors (Lipinski definition) is 0. The van der Waals surface area contributed by atoms with E-state index in [0.29, 0.717) is 32.5 Å². The molecule has 0 heterocycles. The summed E-state index contributed by atoms with van der Waals surface area (Å²) in [5.74, 6) is 0. The molecule has 0 saturated heterocycles. The van der Waals surface area contributed by atoms with E-state index in [1.54, 1.807) is 0 Å². The number of likely N-dealkylation sites (N-methyl/N-ethyl adjacent to an activating group) is 1. The second kappa shape index (κ2) is 13.3. The molecule has 0 amide bonds. The Morgan fingerprint density at radius 3 is 1.83 bits per heavy atom. The topological polar surface area (TPSA) is 30.9 Å². The first kappa shape index (κ1) is 17.8. The van der Waals surface area contributed by atoms with Crippen LogP contribution in [0.3, 0.4) is 0 Å². The molecule has 4 nitrogen and oxygen atoms in total. The maximum absolute atomic E-state index is 5.49. The van der Waals surface area contributed by atoms with Gasteiger partial charge in [0.2, 0.25) is 0 Å². The van der Waals surface area contributed by atoms with Gasteiger partial charge in [-0.25, -0.2) is 0 Å². The van der Waals surface area contributed by atoms with Gasteiger partial charge in [0.15, 0.2) is 0 Å². The lowest BCUT2D eigenvalue weighted by molar-refractivity contribution is 0.0101. The van der Waals surface area contributed by atoms with E-state index in [0.717, 1.165) is 26.2 Å². The van der Waals surface area contributed by atoms with Crippen molar-refractivity contribution in [3.05, 3.63) is 0 Å². The van der Waals surface area contributed by atoms with Crippen LogP contribution < -0.4 is 0 Å². The molecule has 0 aliphatic heterocycles. The van der Waals surface area contributed by atoms with E-state index in [2.05, 4.69) is 32.7 Å². The lowest BCUT2D eigenvalue weighted by atomic mass is 10.3. The van der Waals surface area contributed by atoms with Gasteiger partial charge in [-0.2, -0.15) is 0 Å². The van der Waals surface area contributed by atoms with Gasteiger partial charge in [-0.15, -0.1) is 0 Å². The van der Waals surface area contributed by atoms with E-state index in [-0.39, 0.29) is 0 Å². The standard InChI is InChI=1S/C14H31NO3/c1-5-6-8-16-10-12-18-13-11-17-9-7-15(4)14(2)3/h14H,5-13H2,1-4H3. The first-order chi connectivity index (χ1) is 8.68. The summed E-state index contributed by atoms with van der Waals surface area (Å²) >= 11 is 0. The minimum Gasteiger partial charge on any atom is -0.379 e. The quantitative estimate of drug-likeness (QED) is 0.476. The normalized spacial score (nSPS) is 11.7. The number of nitrogens with zero attached hydrogens (tertiary/aromatic N) is 1. The van der Waals surface area contributed by atoms with Crippen LogP contribution in [-0.4, -0.2) is 64.2 Å². The third kappa shape index (κ3) is 12.3. The van der Waals surface area contributed by atoms with Crippen molar-refractivity contribution < 1.29 is 14.2 Å². The van der Waals surface area contributed by atoms with Crippen LogP contribution in [0, 0.1) is 0 Å². The largest absolute Gasteiger partial charge is 0.379 e. The van der Waals surface area contributed by atoms with Crippen LogP contribution in [0.1, 0.15) is 33.6 Å². The second-order valence-corrected chi connectivity index (χ2v) is 4.77. The summed E-state index contributed by atoms with van der Waals surface area (Å²) in [5.41, 5.74) is 0. The molecule has 0 fully saturated rings. The van der Waals surface area contributed by atoms with Crippen LogP contribution in [0.2, 0.25) is 0 Å². The molecule has 0 bridgehead atoms. The Morgan fingerprint density at radius 2 is 1.33 bits per heavy atom. The van der Waals surface area contributed by atoms with Crippen LogP contribution in [0.5, 0.6) is 0 Å². The molecule has 0 N–H and O–H groups in total. The number of rotatable bonds is 13. The third-order valence-corrected chi connectivity index (χ3v) is 2.86. The van der Waals surface area contributed by atoms with Gasteiger partial charge in [0, 0.05) is 19.2 Å². The summed E-state index contributed by atoms with van der Waals surface area (Å²) in [6.07, 6.45) is 2.31. The summed E-state index contributed by atoms with van der Waals surface area (Å²) in [7, 11) is 2.11. The number of hydrogen-bond acceptors (Lipinski definition) is 4. The highest BCUT2D eigenvalue weighted by Crippen LogP contribution is 1.92. The smallest absolute Gasteiger partial charge is 0.0701 e. The third-order valence-electron chi connectivity index (χ3n) is 2.86. The molecule has 0 atom stereocenters. The van der Waals surface area contributed by atoms with E-state index < -0.39 is 0 Å². The zero-order valence-corrected chi connectivity index (χ0v) is 12.6. The van der Waals surface area contributed by atoms with Crippen molar-refractivity contribution in [2.45, 2.75) is 39.7 Å². The lowest BCUT2D eigenvalue weighted by Crippen LogP contribution is -2.30. The summed E-state index contributed by atoms with van der Waals surface area (Å²) in [6, 6.07) is 0.574. The Kier molecular flexibility index (Phi) is 13.2. The van der Waals surface area contributed by atoms with Gasteiger partial charge in [0.25, 0.3) is 0 Å². The van der Waals surface area contributed by atoms with E-state index in [1.807, 2.05) is 0 Å². The van der Waals surface area contributed by atoms with Crippen molar-refractivity contribution in [2.24, 2.45) is 0 Å². The summed E-state index contributed by atoms with van der Waals surface area (Å²) in [6.45, 7) is 11.8. The van der Waals surface area contributed by atoms with Crippen molar-refractivity contribution >= 4 is 0 Å². The number of unbranched alkanes of at least 4 members (excludes halogenated alkanes) is 1. The molecular weight excluding hydrogens is 230 g/mol. The Hall–Kier alpha value is -0.160. The molecule has 0 saturated carbocycles. The Balaban J connectivity index is 3.03. The molecule has 0 aromatic carbocycles. The van der Waals surface area contributed by atoms with Crippen LogP contribution in [0.4, 0.5) is 0 Å². The van der Waals surface area contributed by atoms with E-state index in [9.17, 15) is 0 Å². The van der Waals surface area contributed by atoms with Crippen LogP contribution in [0.15, 0.2) is 0 Å². The van der Waals surface area contributed by atoms with Gasteiger partial charge in [-0.1, -0.05) is 13.3 Å². The average Bonchev–Trinajstić information content (AvgIpc) is 2.35. The predicted octanol–water partition coefficient (Wildman–Crippen LogP) is 2.18. The molecule has 0 radical (unpaired) electrons. The van der Waals surface area contributed by atoms with Crippen molar-refractivity contribution in [1.82, 2.24) is 4.90 Å². The van der Waals surface area contributed by atoms with Gasteiger partial charge < -0.3 is 19.1 Å². The van der Waals surface area contributed by atoms with E-state index in [4.69, 9.17) is 14.2 Å². The minimum absolute atomic E-state index is 0.574. The second-order valence-electron chi connectivity index (χ2n) is 4.77. The molecule has 110 valence electrons. The molecule has 0 aromatic heterocycles. The summed E-state index contributed by atoms with van der Waals surface area (Å²) in [4.78, 5) is 2.27. The van der Waals surface area contributed by atoms with Gasteiger partial charge in [0.1, 0.15) is 0 Å². The monoisotopic (exact) mass is 261 g/mol. The predicted molar refractivity (Wildman–Crippen MR) is 75.1 cm³/mol. The van der Waals surface area contributed by atoms with Crippen LogP contribution in [-0.2, 0) is 14.2 Å². The highest BCUT2D eigenvalue weighted by Gasteiger charge is 2.01. The van der Waals surface area contributed by atoms with E-state index in [1.165, 1.54) is 6.42 Å². The van der Waals surface area contributed by atoms with Crippen molar-refractivity contribution in [2.75, 3.05) is 53.2 Å². The fourth-order valence-corrected chi connectivity index (χ4v) is 1.26. The Bertz CT molecular complexity index is 165. The SMILES string of the molecule is CCCCOCCOCCOCCN(C)C(C)C. The maximum atomic E-state index is 5.49. The molecule has 0 unspecified atom stereocenters. The fraction of sp³-hybridized carbons (Fsp3) is 1.00. The zero-order valence-electron chi connectivity index (χ0n) is 12.6. The van der Waals surface area contributed by atoms with Crippen LogP contribution >= 0.6 is 0 Å². The molecular formula is C14H31NO3. The summed E-state index contributed by atoms with van der Waals surface area (Å²) < 4.78 is 16.3. The molecule has 0 aliphatic carbocycles. The van der Waals surface area contributed by atoms with Crippen molar-refractivity contribution in [1.29, 1.82) is 0 Å². The lowest BCUT2D eigenvalue weighted by Gasteiger charge is -2.20. The molecule has 0 aliphatic rings. The van der Waals surface area contributed by atoms with Gasteiger partial charge in [0.05, 0.1) is 33.0 Å². The van der Waals surface area contributed by atoms with Crippen molar-refractivity contribution in [3.63, 3.8) is 0 Å². The van der Waals surface area contributed by atoms with Gasteiger partial charge in [-0.05, 0) is 27.3 Å². The molecule has 4 heteroatoms. The van der Waals surface area contributed by atoms with Gasteiger partial charge in [-0.3, -0.25) is 0 Å².